The zero-order valence-corrected chi connectivity index (χ0v) is 7.96. The van der Waals surface area contributed by atoms with Crippen LogP contribution in [-0.4, -0.2) is 24.8 Å². The second-order valence-corrected chi connectivity index (χ2v) is 3.36. The third kappa shape index (κ3) is 1.93. The second-order valence-electron chi connectivity index (χ2n) is 3.36. The van der Waals surface area contributed by atoms with Crippen LogP contribution >= 0.6 is 0 Å². The van der Waals surface area contributed by atoms with Crippen molar-refractivity contribution in [1.29, 1.82) is 0 Å². The van der Waals surface area contributed by atoms with Crippen molar-refractivity contribution in [3.8, 4) is 5.75 Å². The molecule has 1 aromatic rings. The number of morpholine rings is 1. The van der Waals surface area contributed by atoms with Gasteiger partial charge in [0.1, 0.15) is 0 Å². The van der Waals surface area contributed by atoms with Crippen molar-refractivity contribution >= 4 is 0 Å². The first-order valence-corrected chi connectivity index (χ1v) is 4.69. The van der Waals surface area contributed by atoms with Crippen molar-refractivity contribution in [3.63, 3.8) is 0 Å². The first-order valence-electron chi connectivity index (χ1n) is 4.69. The van der Waals surface area contributed by atoms with Crippen LogP contribution in [0.3, 0.4) is 0 Å². The van der Waals surface area contributed by atoms with E-state index in [2.05, 4.69) is 5.32 Å². The molecule has 5 heteroatoms. The number of aromatic hydroxyl groups is 1. The molecule has 1 unspecified atom stereocenters. The molecule has 0 spiro atoms. The van der Waals surface area contributed by atoms with E-state index < -0.39 is 23.5 Å². The fourth-order valence-corrected chi connectivity index (χ4v) is 1.58. The highest BCUT2D eigenvalue weighted by Crippen LogP contribution is 2.30. The number of hydrogen-bond donors (Lipinski definition) is 2. The molecule has 1 atom stereocenters. The maximum Gasteiger partial charge on any atom is 0.200 e. The van der Waals surface area contributed by atoms with Crippen LogP contribution in [-0.2, 0) is 4.74 Å². The summed E-state index contributed by atoms with van der Waals surface area (Å²) in [6.07, 6.45) is -0.422. The van der Waals surface area contributed by atoms with Gasteiger partial charge >= 0.3 is 0 Å². The Labute approximate surface area is 85.7 Å². The van der Waals surface area contributed by atoms with Crippen molar-refractivity contribution in [3.05, 3.63) is 29.3 Å². The minimum Gasteiger partial charge on any atom is -0.504 e. The second kappa shape index (κ2) is 4.12. The summed E-state index contributed by atoms with van der Waals surface area (Å²) in [4.78, 5) is 0. The molecule has 1 saturated heterocycles. The molecule has 0 aliphatic carbocycles. The topological polar surface area (TPSA) is 41.5 Å². The molecule has 0 bridgehead atoms. The molecular formula is C10H11F2NO2. The van der Waals surface area contributed by atoms with Crippen molar-refractivity contribution < 1.29 is 18.6 Å². The Morgan fingerprint density at radius 1 is 1.40 bits per heavy atom. The van der Waals surface area contributed by atoms with Gasteiger partial charge in [-0.25, -0.2) is 4.39 Å². The van der Waals surface area contributed by atoms with Crippen molar-refractivity contribution in [2.75, 3.05) is 19.7 Å². The fourth-order valence-electron chi connectivity index (χ4n) is 1.58. The maximum absolute atomic E-state index is 13.0. The fraction of sp³-hybridized carbons (Fsp3) is 0.400. The molecule has 1 heterocycles. The first kappa shape index (κ1) is 10.3. The summed E-state index contributed by atoms with van der Waals surface area (Å²) in [6, 6.07) is 2.33. The standard InChI is InChI=1S/C10H11F2NO2/c11-7-2-1-6(10(14)9(7)12)8-5-13-3-4-15-8/h1-2,8,13-14H,3-5H2. The van der Waals surface area contributed by atoms with Crippen LogP contribution in [0.25, 0.3) is 0 Å². The third-order valence-corrected chi connectivity index (χ3v) is 2.37. The number of hydrogen-bond acceptors (Lipinski definition) is 3. The van der Waals surface area contributed by atoms with E-state index in [1.54, 1.807) is 0 Å². The minimum absolute atomic E-state index is 0.279. The van der Waals surface area contributed by atoms with Crippen LogP contribution in [0.4, 0.5) is 8.78 Å². The van der Waals surface area contributed by atoms with Gasteiger partial charge in [0.15, 0.2) is 11.6 Å². The van der Waals surface area contributed by atoms with Gasteiger partial charge in [-0.15, -0.1) is 0 Å². The number of phenolic OH excluding ortho intramolecular Hbond substituents is 1. The summed E-state index contributed by atoms with van der Waals surface area (Å²) in [5, 5.41) is 12.5. The number of benzene rings is 1. The van der Waals surface area contributed by atoms with Gasteiger partial charge in [-0.05, 0) is 12.1 Å². The molecular weight excluding hydrogens is 204 g/mol. The largest absolute Gasteiger partial charge is 0.504 e. The Kier molecular flexibility index (Phi) is 2.83. The minimum atomic E-state index is -1.22. The summed E-state index contributed by atoms with van der Waals surface area (Å²) in [7, 11) is 0. The van der Waals surface area contributed by atoms with Crippen LogP contribution in [0.5, 0.6) is 5.75 Å². The third-order valence-electron chi connectivity index (χ3n) is 2.37. The van der Waals surface area contributed by atoms with E-state index in [0.29, 0.717) is 13.2 Å². The van der Waals surface area contributed by atoms with Crippen LogP contribution < -0.4 is 5.32 Å². The molecule has 2 rings (SSSR count). The van der Waals surface area contributed by atoms with Crippen LogP contribution in [0.15, 0.2) is 12.1 Å². The lowest BCUT2D eigenvalue weighted by atomic mass is 10.1. The molecule has 3 nitrogen and oxygen atoms in total. The highest BCUT2D eigenvalue weighted by Gasteiger charge is 2.22. The lowest BCUT2D eigenvalue weighted by Crippen LogP contribution is -2.33. The maximum atomic E-state index is 13.0. The molecule has 1 aliphatic heterocycles. The van der Waals surface area contributed by atoms with E-state index in [1.807, 2.05) is 0 Å². The van der Waals surface area contributed by atoms with Crippen LogP contribution in [0, 0.1) is 11.6 Å². The van der Waals surface area contributed by atoms with E-state index in [1.165, 1.54) is 6.07 Å². The van der Waals surface area contributed by atoms with Crippen molar-refractivity contribution in [2.45, 2.75) is 6.10 Å². The normalized spacial score (nSPS) is 21.6. The Morgan fingerprint density at radius 2 is 2.20 bits per heavy atom. The van der Waals surface area contributed by atoms with Crippen molar-refractivity contribution in [1.82, 2.24) is 5.32 Å². The first-order chi connectivity index (χ1) is 7.20. The number of rotatable bonds is 1. The van der Waals surface area contributed by atoms with E-state index in [-0.39, 0.29) is 5.56 Å². The summed E-state index contributed by atoms with van der Waals surface area (Å²) < 4.78 is 31.1. The molecule has 0 amide bonds. The quantitative estimate of drug-likeness (QED) is 0.742. The summed E-state index contributed by atoms with van der Waals surface area (Å²) in [5.74, 6) is -2.94. The average molecular weight is 215 g/mol. The van der Waals surface area contributed by atoms with Crippen LogP contribution in [0.2, 0.25) is 0 Å². The van der Waals surface area contributed by atoms with Gasteiger partial charge < -0.3 is 15.2 Å². The monoisotopic (exact) mass is 215 g/mol. The van der Waals surface area contributed by atoms with Gasteiger partial charge in [-0.2, -0.15) is 4.39 Å². The number of phenols is 1. The summed E-state index contributed by atoms with van der Waals surface area (Å²) in [5.41, 5.74) is 0.279. The molecule has 15 heavy (non-hydrogen) atoms. The van der Waals surface area contributed by atoms with Gasteiger partial charge in [0, 0.05) is 18.7 Å². The lowest BCUT2D eigenvalue weighted by molar-refractivity contribution is 0.0259. The smallest absolute Gasteiger partial charge is 0.200 e. The SMILES string of the molecule is Oc1c(C2CNCCO2)ccc(F)c1F. The van der Waals surface area contributed by atoms with Gasteiger partial charge in [0.05, 0.1) is 12.7 Å². The molecule has 1 aliphatic rings. The van der Waals surface area contributed by atoms with Gasteiger partial charge in [0.25, 0.3) is 0 Å². The Balaban J connectivity index is 2.31. The van der Waals surface area contributed by atoms with Gasteiger partial charge in [0.2, 0.25) is 5.82 Å². The van der Waals surface area contributed by atoms with E-state index in [4.69, 9.17) is 4.74 Å². The zero-order chi connectivity index (χ0) is 10.8. The number of halogens is 2. The highest BCUT2D eigenvalue weighted by molar-refractivity contribution is 5.36. The zero-order valence-electron chi connectivity index (χ0n) is 7.96. The average Bonchev–Trinajstić information content (AvgIpc) is 2.27. The van der Waals surface area contributed by atoms with Crippen LogP contribution in [0.1, 0.15) is 11.7 Å². The molecule has 2 N–H and O–H groups in total. The van der Waals surface area contributed by atoms with Gasteiger partial charge in [-0.3, -0.25) is 0 Å². The predicted octanol–water partition coefficient (Wildman–Crippen LogP) is 1.33. The molecule has 0 radical (unpaired) electrons. The Bertz CT molecular complexity index is 365. The molecule has 0 saturated carbocycles. The summed E-state index contributed by atoms with van der Waals surface area (Å²) >= 11 is 0. The lowest BCUT2D eigenvalue weighted by Gasteiger charge is -2.24. The molecule has 82 valence electrons. The van der Waals surface area contributed by atoms with E-state index >= 15 is 0 Å². The van der Waals surface area contributed by atoms with E-state index in [0.717, 1.165) is 12.6 Å². The predicted molar refractivity (Wildman–Crippen MR) is 49.6 cm³/mol. The molecule has 1 fully saturated rings. The Hall–Kier alpha value is -1.20. The number of ether oxygens (including phenoxy) is 1. The van der Waals surface area contributed by atoms with E-state index in [9.17, 15) is 13.9 Å². The summed E-state index contributed by atoms with van der Waals surface area (Å²) in [6.45, 7) is 1.70. The number of nitrogens with one attached hydrogen (secondary N) is 1. The molecule has 1 aromatic carbocycles. The highest BCUT2D eigenvalue weighted by atomic mass is 19.2. The molecule has 0 aromatic heterocycles. The Morgan fingerprint density at radius 3 is 2.87 bits per heavy atom. The van der Waals surface area contributed by atoms with Crippen molar-refractivity contribution in [2.24, 2.45) is 0 Å². The van der Waals surface area contributed by atoms with Gasteiger partial charge in [-0.1, -0.05) is 0 Å².